The molecular weight excluding hydrogens is 384 g/mol. The summed E-state index contributed by atoms with van der Waals surface area (Å²) < 4.78 is 10.6. The Morgan fingerprint density at radius 1 is 1.00 bits per heavy atom. The van der Waals surface area contributed by atoms with Crippen molar-refractivity contribution in [1.82, 2.24) is 0 Å². The van der Waals surface area contributed by atoms with Crippen LogP contribution in [0.2, 0.25) is 0 Å². The third-order valence-electron chi connectivity index (χ3n) is 4.87. The number of hydrogen-bond donors (Lipinski definition) is 2. The van der Waals surface area contributed by atoms with Crippen molar-refractivity contribution in [3.05, 3.63) is 64.0 Å². The van der Waals surface area contributed by atoms with Crippen molar-refractivity contribution < 1.29 is 18.7 Å². The Balaban J connectivity index is 1.66. The van der Waals surface area contributed by atoms with Crippen LogP contribution >= 0.6 is 0 Å². The van der Waals surface area contributed by atoms with Gasteiger partial charge in [-0.3, -0.25) is 9.59 Å². The molecule has 0 aliphatic rings. The van der Waals surface area contributed by atoms with E-state index >= 15 is 0 Å². The monoisotopic (exact) mass is 408 g/mol. The van der Waals surface area contributed by atoms with E-state index in [9.17, 15) is 14.4 Å². The third kappa shape index (κ3) is 4.86. The molecule has 3 rings (SSSR count). The number of fused-ring (bicyclic) bond motifs is 1. The zero-order chi connectivity index (χ0) is 21.7. The second kappa shape index (κ2) is 9.26. The van der Waals surface area contributed by atoms with Gasteiger partial charge in [-0.15, -0.1) is 0 Å². The van der Waals surface area contributed by atoms with Gasteiger partial charge in [-0.2, -0.15) is 0 Å². The second-order valence-corrected chi connectivity index (χ2v) is 6.88. The van der Waals surface area contributed by atoms with Gasteiger partial charge in [0.2, 0.25) is 11.8 Å². The van der Waals surface area contributed by atoms with Crippen molar-refractivity contribution in [3.63, 3.8) is 0 Å². The maximum atomic E-state index is 12.4. The van der Waals surface area contributed by atoms with Crippen LogP contribution in [0.3, 0.4) is 0 Å². The summed E-state index contributed by atoms with van der Waals surface area (Å²) in [5, 5.41) is 6.36. The summed E-state index contributed by atoms with van der Waals surface area (Å²) in [5.74, 6) is 0.321. The maximum Gasteiger partial charge on any atom is 0.339 e. The molecule has 156 valence electrons. The molecule has 0 aliphatic heterocycles. The Morgan fingerprint density at radius 3 is 2.23 bits per heavy atom. The molecule has 0 radical (unpaired) electrons. The van der Waals surface area contributed by atoms with Crippen molar-refractivity contribution in [3.8, 4) is 5.75 Å². The molecule has 7 heteroatoms. The van der Waals surface area contributed by atoms with Crippen LogP contribution in [0.5, 0.6) is 5.75 Å². The van der Waals surface area contributed by atoms with Gasteiger partial charge in [-0.25, -0.2) is 4.79 Å². The van der Waals surface area contributed by atoms with Crippen LogP contribution in [0.25, 0.3) is 11.0 Å². The minimum absolute atomic E-state index is 0.0742. The van der Waals surface area contributed by atoms with Gasteiger partial charge < -0.3 is 19.8 Å². The number of carbonyl (C=O) groups is 2. The quantitative estimate of drug-likeness (QED) is 0.575. The number of nitrogens with one attached hydrogen (secondary N) is 2. The molecule has 2 aromatic carbocycles. The highest BCUT2D eigenvalue weighted by molar-refractivity contribution is 5.93. The molecule has 0 aliphatic carbocycles. The first-order valence-corrected chi connectivity index (χ1v) is 9.71. The molecule has 0 saturated carbocycles. The average molecular weight is 408 g/mol. The zero-order valence-electron chi connectivity index (χ0n) is 17.2. The van der Waals surface area contributed by atoms with Crippen molar-refractivity contribution in [2.24, 2.45) is 0 Å². The normalized spacial score (nSPS) is 10.6. The lowest BCUT2D eigenvalue weighted by Crippen LogP contribution is -2.16. The van der Waals surface area contributed by atoms with Crippen LogP contribution in [-0.2, 0) is 16.0 Å². The molecule has 0 saturated heterocycles. The predicted molar refractivity (Wildman–Crippen MR) is 116 cm³/mol. The molecule has 0 spiro atoms. The van der Waals surface area contributed by atoms with Crippen molar-refractivity contribution in [2.45, 2.75) is 33.1 Å². The van der Waals surface area contributed by atoms with E-state index < -0.39 is 5.63 Å². The van der Waals surface area contributed by atoms with Gasteiger partial charge in [-0.05, 0) is 55.3 Å². The lowest BCUT2D eigenvalue weighted by atomic mass is 10.0. The van der Waals surface area contributed by atoms with Crippen LogP contribution in [0, 0.1) is 6.92 Å². The molecular formula is C23H24N2O5. The van der Waals surface area contributed by atoms with Gasteiger partial charge in [0, 0.05) is 41.2 Å². The van der Waals surface area contributed by atoms with Crippen molar-refractivity contribution in [2.75, 3.05) is 17.7 Å². The minimum Gasteiger partial charge on any atom is -0.497 e. The van der Waals surface area contributed by atoms with Crippen LogP contribution in [0.15, 0.2) is 51.7 Å². The van der Waals surface area contributed by atoms with Gasteiger partial charge in [-0.1, -0.05) is 6.92 Å². The Hall–Kier alpha value is -3.61. The molecule has 3 aromatic rings. The van der Waals surface area contributed by atoms with Crippen LogP contribution in [0.1, 0.15) is 30.9 Å². The molecule has 0 atom stereocenters. The van der Waals surface area contributed by atoms with E-state index in [1.54, 1.807) is 50.4 Å². The summed E-state index contributed by atoms with van der Waals surface area (Å²) in [5.41, 5.74) is 2.58. The first kappa shape index (κ1) is 21.1. The highest BCUT2D eigenvalue weighted by Crippen LogP contribution is 2.24. The molecule has 1 heterocycles. The van der Waals surface area contributed by atoms with Crippen LogP contribution in [-0.4, -0.2) is 18.9 Å². The number of carbonyl (C=O) groups excluding carboxylic acids is 2. The highest BCUT2D eigenvalue weighted by atomic mass is 16.5. The number of aryl methyl sites for hydroxylation is 1. The zero-order valence-corrected chi connectivity index (χ0v) is 17.2. The largest absolute Gasteiger partial charge is 0.497 e. The minimum atomic E-state index is -0.447. The van der Waals surface area contributed by atoms with Gasteiger partial charge in [0.05, 0.1) is 7.11 Å². The fraction of sp³-hybridized carbons (Fsp3) is 0.261. The lowest BCUT2D eigenvalue weighted by molar-refractivity contribution is -0.116. The van der Waals surface area contributed by atoms with Crippen molar-refractivity contribution in [1.29, 1.82) is 0 Å². The van der Waals surface area contributed by atoms with E-state index in [0.717, 1.165) is 10.9 Å². The Labute approximate surface area is 174 Å². The molecule has 2 amide bonds. The van der Waals surface area contributed by atoms with Crippen LogP contribution in [0.4, 0.5) is 11.4 Å². The summed E-state index contributed by atoms with van der Waals surface area (Å²) in [6, 6.07) is 12.2. The topological polar surface area (TPSA) is 97.6 Å². The first-order valence-electron chi connectivity index (χ1n) is 9.71. The molecule has 0 unspecified atom stereocenters. The SMILES string of the molecule is CCC(=O)Nc1ccc(NC(=O)CCc2c(C)c3ccc(OC)cc3oc2=O)cc1. The highest BCUT2D eigenvalue weighted by Gasteiger charge is 2.14. The second-order valence-electron chi connectivity index (χ2n) is 6.88. The van der Waals surface area contributed by atoms with Gasteiger partial charge in [0.15, 0.2) is 0 Å². The van der Waals surface area contributed by atoms with Crippen molar-refractivity contribution >= 4 is 34.2 Å². The first-order chi connectivity index (χ1) is 14.4. The number of anilines is 2. The summed E-state index contributed by atoms with van der Waals surface area (Å²) >= 11 is 0. The molecule has 7 nitrogen and oxygen atoms in total. The van der Waals surface area contributed by atoms with E-state index in [1.807, 2.05) is 13.0 Å². The van der Waals surface area contributed by atoms with Gasteiger partial charge in [0.25, 0.3) is 0 Å². The van der Waals surface area contributed by atoms with E-state index in [0.29, 0.717) is 34.7 Å². The van der Waals surface area contributed by atoms with E-state index in [2.05, 4.69) is 10.6 Å². The Morgan fingerprint density at radius 2 is 1.63 bits per heavy atom. The van der Waals surface area contributed by atoms with Gasteiger partial charge in [0.1, 0.15) is 11.3 Å². The average Bonchev–Trinajstić information content (AvgIpc) is 2.74. The summed E-state index contributed by atoms with van der Waals surface area (Å²) in [6.45, 7) is 3.63. The number of hydrogen-bond acceptors (Lipinski definition) is 5. The smallest absolute Gasteiger partial charge is 0.339 e. The van der Waals surface area contributed by atoms with Crippen LogP contribution < -0.4 is 21.0 Å². The lowest BCUT2D eigenvalue weighted by Gasteiger charge is -2.10. The molecule has 1 aromatic heterocycles. The van der Waals surface area contributed by atoms with E-state index in [-0.39, 0.29) is 24.7 Å². The Kier molecular flexibility index (Phi) is 6.51. The Bertz CT molecular complexity index is 1130. The maximum absolute atomic E-state index is 12.4. The third-order valence-corrected chi connectivity index (χ3v) is 4.87. The fourth-order valence-corrected chi connectivity index (χ4v) is 3.14. The number of amides is 2. The summed E-state index contributed by atoms with van der Waals surface area (Å²) in [4.78, 5) is 36.1. The number of benzene rings is 2. The van der Waals surface area contributed by atoms with E-state index in [4.69, 9.17) is 9.15 Å². The number of ether oxygens (including phenoxy) is 1. The summed E-state index contributed by atoms with van der Waals surface area (Å²) in [6.07, 6.45) is 0.808. The number of rotatable bonds is 7. The van der Waals surface area contributed by atoms with Gasteiger partial charge >= 0.3 is 5.63 Å². The summed E-state index contributed by atoms with van der Waals surface area (Å²) in [7, 11) is 1.55. The fourth-order valence-electron chi connectivity index (χ4n) is 3.14. The molecule has 0 bridgehead atoms. The molecule has 30 heavy (non-hydrogen) atoms. The van der Waals surface area contributed by atoms with E-state index in [1.165, 1.54) is 0 Å². The standard InChI is InChI=1S/C23H24N2O5/c1-4-21(26)24-15-5-7-16(8-6-15)25-22(27)12-11-19-14(2)18-10-9-17(29-3)13-20(18)30-23(19)28/h5-10,13H,4,11-12H2,1-3H3,(H,24,26)(H,25,27). The molecule has 0 fully saturated rings. The molecule has 2 N–H and O–H groups in total. The predicted octanol–water partition coefficient (Wildman–Crippen LogP) is 4.03. The number of methoxy groups -OCH3 is 1.